The van der Waals surface area contributed by atoms with Crippen LogP contribution in [-0.2, 0) is 6.42 Å². The van der Waals surface area contributed by atoms with Gasteiger partial charge in [-0.25, -0.2) is 0 Å². The zero-order valence-corrected chi connectivity index (χ0v) is 8.15. The molecule has 1 aromatic carbocycles. The minimum Gasteiger partial charge on any atom is -0.496 e. The maximum atomic E-state index is 10.6. The highest BCUT2D eigenvalue weighted by molar-refractivity contribution is 5.77. The van der Waals surface area contributed by atoms with Gasteiger partial charge in [-0.05, 0) is 12.1 Å². The van der Waals surface area contributed by atoms with Crippen LogP contribution in [0.4, 0.5) is 0 Å². The summed E-state index contributed by atoms with van der Waals surface area (Å²) in [7, 11) is 1.44. The van der Waals surface area contributed by atoms with E-state index >= 15 is 0 Å². The molecule has 0 atom stereocenters. The van der Waals surface area contributed by atoms with Crippen molar-refractivity contribution >= 4 is 6.29 Å². The molecule has 1 rings (SSSR count). The number of methoxy groups -OCH3 is 1. The fourth-order valence-corrected chi connectivity index (χ4v) is 1.28. The van der Waals surface area contributed by atoms with E-state index in [4.69, 9.17) is 15.3 Å². The molecule has 0 aliphatic heterocycles. The van der Waals surface area contributed by atoms with Crippen LogP contribution in [0.15, 0.2) is 12.1 Å². The van der Waals surface area contributed by atoms with E-state index in [1.807, 2.05) is 12.1 Å². The first-order chi connectivity index (χ1) is 7.26. The molecular weight excluding hydrogens is 192 g/mol. The molecule has 1 aromatic rings. The van der Waals surface area contributed by atoms with Crippen molar-refractivity contribution < 1.29 is 9.53 Å². The first-order valence-corrected chi connectivity index (χ1v) is 4.20. The van der Waals surface area contributed by atoms with E-state index in [0.29, 0.717) is 28.7 Å². The molecule has 0 heterocycles. The molecule has 4 nitrogen and oxygen atoms in total. The highest BCUT2D eigenvalue weighted by Gasteiger charge is 2.10. The van der Waals surface area contributed by atoms with Gasteiger partial charge in [-0.15, -0.1) is 0 Å². The number of carbonyl (C=O) groups is 1. The van der Waals surface area contributed by atoms with E-state index in [2.05, 4.69) is 0 Å². The lowest BCUT2D eigenvalue weighted by atomic mass is 10.0. The molecule has 15 heavy (non-hydrogen) atoms. The Morgan fingerprint density at radius 3 is 2.67 bits per heavy atom. The number of aldehydes is 1. The van der Waals surface area contributed by atoms with Crippen molar-refractivity contribution in [3.63, 3.8) is 0 Å². The van der Waals surface area contributed by atoms with Crippen LogP contribution < -0.4 is 4.74 Å². The molecule has 0 aliphatic rings. The zero-order valence-electron chi connectivity index (χ0n) is 8.15. The predicted octanol–water partition coefficient (Wildman–Crippen LogP) is 1.45. The number of hydrogen-bond donors (Lipinski definition) is 0. The molecule has 74 valence electrons. The van der Waals surface area contributed by atoms with Gasteiger partial charge in [0.15, 0.2) is 0 Å². The van der Waals surface area contributed by atoms with E-state index < -0.39 is 0 Å². The topological polar surface area (TPSA) is 73.9 Å². The van der Waals surface area contributed by atoms with Crippen LogP contribution in [0, 0.1) is 22.7 Å². The number of nitriles is 2. The molecule has 0 fully saturated rings. The van der Waals surface area contributed by atoms with Gasteiger partial charge in [0.2, 0.25) is 0 Å². The van der Waals surface area contributed by atoms with Gasteiger partial charge in [-0.2, -0.15) is 10.5 Å². The Hall–Kier alpha value is -2.33. The Kier molecular flexibility index (Phi) is 3.43. The average molecular weight is 200 g/mol. The van der Waals surface area contributed by atoms with Crippen molar-refractivity contribution in [2.24, 2.45) is 0 Å². The first kappa shape index (κ1) is 10.7. The summed E-state index contributed by atoms with van der Waals surface area (Å²) in [6, 6.07) is 6.85. The van der Waals surface area contributed by atoms with Crippen LogP contribution in [0.1, 0.15) is 21.5 Å². The molecule has 0 saturated carbocycles. The second-order valence-electron chi connectivity index (χ2n) is 2.81. The Labute approximate surface area is 87.3 Å². The number of benzene rings is 1. The monoisotopic (exact) mass is 200 g/mol. The molecule has 0 N–H and O–H groups in total. The molecule has 0 saturated heterocycles. The van der Waals surface area contributed by atoms with Crippen molar-refractivity contribution in [2.45, 2.75) is 6.42 Å². The lowest BCUT2D eigenvalue weighted by molar-refractivity contribution is 0.112. The molecule has 4 heteroatoms. The van der Waals surface area contributed by atoms with E-state index in [1.165, 1.54) is 19.2 Å². The van der Waals surface area contributed by atoms with Gasteiger partial charge in [0.1, 0.15) is 12.0 Å². The highest BCUT2D eigenvalue weighted by Crippen LogP contribution is 2.24. The van der Waals surface area contributed by atoms with E-state index in [-0.39, 0.29) is 6.42 Å². The molecule has 0 amide bonds. The second kappa shape index (κ2) is 4.78. The smallest absolute Gasteiger partial charge is 0.150 e. The van der Waals surface area contributed by atoms with Gasteiger partial charge < -0.3 is 4.74 Å². The summed E-state index contributed by atoms with van der Waals surface area (Å²) in [5, 5.41) is 17.5. The normalized spacial score (nSPS) is 8.73. The third-order valence-corrected chi connectivity index (χ3v) is 1.96. The Bertz CT molecular complexity index is 467. The summed E-state index contributed by atoms with van der Waals surface area (Å²) < 4.78 is 5.02. The highest BCUT2D eigenvalue weighted by atomic mass is 16.5. The van der Waals surface area contributed by atoms with Gasteiger partial charge in [0.25, 0.3) is 0 Å². The maximum Gasteiger partial charge on any atom is 0.150 e. The van der Waals surface area contributed by atoms with Crippen LogP contribution in [0.25, 0.3) is 0 Å². The molecule has 0 aliphatic carbocycles. The SMILES string of the molecule is COc1cc(C=O)cc(C#N)c1CC#N. The van der Waals surface area contributed by atoms with Crippen LogP contribution in [0.5, 0.6) is 5.75 Å². The fourth-order valence-electron chi connectivity index (χ4n) is 1.28. The van der Waals surface area contributed by atoms with Crippen LogP contribution in [0.2, 0.25) is 0 Å². The lowest BCUT2D eigenvalue weighted by Crippen LogP contribution is -1.97. The van der Waals surface area contributed by atoms with Gasteiger partial charge in [-0.1, -0.05) is 0 Å². The zero-order chi connectivity index (χ0) is 11.3. The molecule has 0 spiro atoms. The standard InChI is InChI=1S/C11H8N2O2/c1-15-11-5-8(7-14)4-9(6-13)10(11)2-3-12/h4-5,7H,2H2,1H3. The number of nitrogens with zero attached hydrogens (tertiary/aromatic N) is 2. The van der Waals surface area contributed by atoms with Crippen LogP contribution in [-0.4, -0.2) is 13.4 Å². The van der Waals surface area contributed by atoms with Crippen molar-refractivity contribution in [1.82, 2.24) is 0 Å². The fraction of sp³-hybridized carbons (Fsp3) is 0.182. The van der Waals surface area contributed by atoms with Crippen molar-refractivity contribution in [3.05, 3.63) is 28.8 Å². The van der Waals surface area contributed by atoms with Crippen molar-refractivity contribution in [1.29, 1.82) is 10.5 Å². The van der Waals surface area contributed by atoms with Crippen molar-refractivity contribution in [3.8, 4) is 17.9 Å². The quantitative estimate of drug-likeness (QED) is 0.692. The summed E-state index contributed by atoms with van der Waals surface area (Å²) in [6.45, 7) is 0. The van der Waals surface area contributed by atoms with Crippen LogP contribution in [0.3, 0.4) is 0 Å². The average Bonchev–Trinajstić information content (AvgIpc) is 2.29. The van der Waals surface area contributed by atoms with E-state index in [9.17, 15) is 4.79 Å². The Morgan fingerprint density at radius 1 is 1.47 bits per heavy atom. The van der Waals surface area contributed by atoms with Crippen LogP contribution >= 0.6 is 0 Å². The largest absolute Gasteiger partial charge is 0.496 e. The summed E-state index contributed by atoms with van der Waals surface area (Å²) in [5.74, 6) is 0.401. The van der Waals surface area contributed by atoms with Gasteiger partial charge in [0.05, 0.1) is 31.2 Å². The summed E-state index contributed by atoms with van der Waals surface area (Å²) >= 11 is 0. The third kappa shape index (κ3) is 2.12. The molecule has 0 radical (unpaired) electrons. The van der Waals surface area contributed by atoms with E-state index in [1.54, 1.807) is 0 Å². The van der Waals surface area contributed by atoms with Gasteiger partial charge >= 0.3 is 0 Å². The lowest BCUT2D eigenvalue weighted by Gasteiger charge is -2.07. The number of carbonyl (C=O) groups excluding carboxylic acids is 1. The molecule has 0 unspecified atom stereocenters. The molecule has 0 aromatic heterocycles. The first-order valence-electron chi connectivity index (χ1n) is 4.20. The Morgan fingerprint density at radius 2 is 2.20 bits per heavy atom. The number of rotatable bonds is 3. The summed E-state index contributed by atoms with van der Waals surface area (Å²) in [5.41, 5.74) is 1.19. The molecule has 0 bridgehead atoms. The maximum absolute atomic E-state index is 10.6. The number of hydrogen-bond acceptors (Lipinski definition) is 4. The summed E-state index contributed by atoms with van der Waals surface area (Å²) in [4.78, 5) is 10.6. The van der Waals surface area contributed by atoms with Gasteiger partial charge in [0, 0.05) is 11.1 Å². The minimum absolute atomic E-state index is 0.0885. The summed E-state index contributed by atoms with van der Waals surface area (Å²) in [6.07, 6.45) is 0.727. The predicted molar refractivity (Wildman–Crippen MR) is 52.4 cm³/mol. The Balaban J connectivity index is 3.41. The van der Waals surface area contributed by atoms with Gasteiger partial charge in [-0.3, -0.25) is 4.79 Å². The molecular formula is C11H8N2O2. The third-order valence-electron chi connectivity index (χ3n) is 1.96. The number of ether oxygens (including phenoxy) is 1. The minimum atomic E-state index is 0.0885. The van der Waals surface area contributed by atoms with Crippen molar-refractivity contribution in [2.75, 3.05) is 7.11 Å². The van der Waals surface area contributed by atoms with E-state index in [0.717, 1.165) is 0 Å². The second-order valence-corrected chi connectivity index (χ2v) is 2.81.